The first-order valence-corrected chi connectivity index (χ1v) is 24.1. The van der Waals surface area contributed by atoms with E-state index < -0.39 is 136 Å². The minimum absolute atomic E-state index is 0.0106. The van der Waals surface area contributed by atoms with Crippen LogP contribution in [0.25, 0.3) is 0 Å². The normalized spacial score (nSPS) is 28.2. The zero-order valence-electron chi connectivity index (χ0n) is 41.7. The highest BCUT2D eigenvalue weighted by molar-refractivity contribution is 5.96. The van der Waals surface area contributed by atoms with Crippen LogP contribution in [0.5, 0.6) is 0 Å². The van der Waals surface area contributed by atoms with Crippen molar-refractivity contribution in [2.24, 2.45) is 16.7 Å². The maximum absolute atomic E-state index is 15.7. The summed E-state index contributed by atoms with van der Waals surface area (Å²) in [6, 6.07) is 21.9. The van der Waals surface area contributed by atoms with E-state index in [0.29, 0.717) is 0 Å². The van der Waals surface area contributed by atoms with Crippen LogP contribution in [-0.4, -0.2) is 127 Å². The topological polar surface area (TPSA) is 298 Å². The van der Waals surface area contributed by atoms with E-state index >= 15 is 9.59 Å². The highest BCUT2D eigenvalue weighted by Gasteiger charge is 2.78. The van der Waals surface area contributed by atoms with Crippen LogP contribution < -0.4 is 5.32 Å². The third-order valence-electron chi connectivity index (χ3n) is 15.1. The molecule has 396 valence electrons. The summed E-state index contributed by atoms with van der Waals surface area (Å²) in [5.74, 6) is -7.98. The van der Waals surface area contributed by atoms with Crippen LogP contribution in [-0.2, 0) is 58.9 Å². The molecular formula is C53H56N4O18. The molecule has 3 aliphatic carbocycles. The monoisotopic (exact) mass is 1040 g/mol. The van der Waals surface area contributed by atoms with Gasteiger partial charge in [0.1, 0.15) is 55.5 Å². The first kappa shape index (κ1) is 53.5. The number of imidazole rings is 1. The SMILES string of the molecule is CC(=O)O[C@H]1C(=O)[C@@]2(C)[C@H]([C@H](OC(=O)c3ccccc3)[C@]3(O)C[C@H](OC(=O)[C@H](OC(=O)OCCn4ccnc4[N+](=O)[O-])[C@@H](NC(=O)c4ccccc4)c4ccccc4)C(C)=C1C3(C)C)[C@]1(OC(C)=O)CO[C@@H]1C[C@@H]2O. The first-order valence-electron chi connectivity index (χ1n) is 24.1. The number of nitrogens with one attached hydrogen (secondary N) is 1. The second-order valence-electron chi connectivity index (χ2n) is 19.7. The summed E-state index contributed by atoms with van der Waals surface area (Å²) in [4.78, 5) is 114. The van der Waals surface area contributed by atoms with Gasteiger partial charge in [-0.05, 0) is 59.7 Å². The number of hydrogen-bond donors (Lipinski definition) is 3. The summed E-state index contributed by atoms with van der Waals surface area (Å²) in [5.41, 5.74) is -7.97. The molecule has 1 aliphatic heterocycles. The van der Waals surface area contributed by atoms with Gasteiger partial charge in [-0.25, -0.2) is 19.0 Å². The Bertz CT molecular complexity index is 2910. The number of aliphatic hydroxyl groups is 2. The van der Waals surface area contributed by atoms with Crippen LogP contribution >= 0.6 is 0 Å². The fraction of sp³-hybridized carbons (Fsp3) is 0.434. The molecule has 22 nitrogen and oxygen atoms in total. The predicted molar refractivity (Wildman–Crippen MR) is 257 cm³/mol. The van der Waals surface area contributed by atoms with Crippen molar-refractivity contribution in [3.63, 3.8) is 0 Å². The van der Waals surface area contributed by atoms with Crippen LogP contribution in [0.1, 0.15) is 86.7 Å². The number of carbonyl (C=O) groups excluding carboxylic acids is 7. The number of aromatic nitrogens is 2. The van der Waals surface area contributed by atoms with Gasteiger partial charge in [0.05, 0.1) is 29.6 Å². The molecular weight excluding hydrogens is 981 g/mol. The van der Waals surface area contributed by atoms with Crippen LogP contribution in [0.15, 0.2) is 115 Å². The molecule has 3 fully saturated rings. The third kappa shape index (κ3) is 9.75. The lowest BCUT2D eigenvalue weighted by Crippen LogP contribution is -2.82. The number of esters is 4. The van der Waals surface area contributed by atoms with Crippen LogP contribution in [0.2, 0.25) is 0 Å². The molecule has 22 heteroatoms. The lowest BCUT2D eigenvalue weighted by atomic mass is 9.44. The summed E-state index contributed by atoms with van der Waals surface area (Å²) in [5, 5.41) is 40.4. The number of benzene rings is 3. The maximum Gasteiger partial charge on any atom is 0.509 e. The van der Waals surface area contributed by atoms with Crippen molar-refractivity contribution in [2.45, 2.75) is 115 Å². The zero-order chi connectivity index (χ0) is 54.2. The molecule has 3 N–H and O–H groups in total. The van der Waals surface area contributed by atoms with E-state index in [1.54, 1.807) is 54.6 Å². The number of ether oxygens (including phenoxy) is 7. The Hall–Kier alpha value is -7.82. The highest BCUT2D eigenvalue weighted by Crippen LogP contribution is 2.64. The molecule has 2 saturated carbocycles. The molecule has 2 heterocycles. The summed E-state index contributed by atoms with van der Waals surface area (Å²) >= 11 is 0. The lowest BCUT2D eigenvalue weighted by Gasteiger charge is -2.67. The molecule has 11 atom stereocenters. The summed E-state index contributed by atoms with van der Waals surface area (Å²) in [6.07, 6.45) is -10.4. The van der Waals surface area contributed by atoms with Gasteiger partial charge in [0.15, 0.2) is 17.5 Å². The summed E-state index contributed by atoms with van der Waals surface area (Å²) in [7, 11) is 0. The quantitative estimate of drug-likeness (QED) is 0.0478. The number of ketones is 1. The molecule has 4 aliphatic rings. The number of amides is 1. The fourth-order valence-corrected chi connectivity index (χ4v) is 11.3. The number of hydrogen-bond acceptors (Lipinski definition) is 19. The Labute approximate surface area is 429 Å². The van der Waals surface area contributed by atoms with Crippen LogP contribution in [0.4, 0.5) is 10.7 Å². The van der Waals surface area contributed by atoms with Gasteiger partial charge in [-0.1, -0.05) is 85.6 Å². The van der Waals surface area contributed by atoms with Crippen molar-refractivity contribution in [3.8, 4) is 0 Å². The molecule has 8 rings (SSSR count). The Kier molecular flexibility index (Phi) is 14.9. The van der Waals surface area contributed by atoms with E-state index in [4.69, 9.17) is 33.2 Å². The Morgan fingerprint density at radius 1 is 0.907 bits per heavy atom. The molecule has 1 aromatic heterocycles. The van der Waals surface area contributed by atoms with Crippen molar-refractivity contribution in [3.05, 3.63) is 141 Å². The van der Waals surface area contributed by atoms with Crippen LogP contribution in [0, 0.1) is 26.9 Å². The van der Waals surface area contributed by atoms with Gasteiger partial charge in [-0.3, -0.25) is 19.2 Å². The number of carbonyl (C=O) groups is 7. The smallest absolute Gasteiger partial charge is 0.455 e. The number of Topliss-reactive ketones (excluding diaryl/α,β-unsaturated/α-hetero) is 1. The Morgan fingerprint density at radius 3 is 2.12 bits per heavy atom. The predicted octanol–water partition coefficient (Wildman–Crippen LogP) is 4.70. The number of aliphatic hydroxyl groups excluding tert-OH is 1. The minimum atomic E-state index is -2.53. The molecule has 1 saturated heterocycles. The molecule has 3 aromatic carbocycles. The van der Waals surface area contributed by atoms with Gasteiger partial charge < -0.3 is 58.8 Å². The molecule has 2 bridgehead atoms. The zero-order valence-corrected chi connectivity index (χ0v) is 41.7. The van der Waals surface area contributed by atoms with Crippen molar-refractivity contribution in [2.75, 3.05) is 13.2 Å². The second kappa shape index (κ2) is 20.8. The van der Waals surface area contributed by atoms with E-state index in [0.717, 1.165) is 18.4 Å². The van der Waals surface area contributed by atoms with Gasteiger partial charge in [0, 0.05) is 37.7 Å². The van der Waals surface area contributed by atoms with Gasteiger partial charge in [-0.2, -0.15) is 0 Å². The first-order chi connectivity index (χ1) is 35.5. The number of nitrogens with zero attached hydrogens (tertiary/aromatic N) is 3. The average molecular weight is 1040 g/mol. The van der Waals surface area contributed by atoms with E-state index in [9.17, 15) is 44.3 Å². The summed E-state index contributed by atoms with van der Waals surface area (Å²) in [6.45, 7) is 6.84. The summed E-state index contributed by atoms with van der Waals surface area (Å²) < 4.78 is 42.9. The largest absolute Gasteiger partial charge is 0.509 e. The van der Waals surface area contributed by atoms with E-state index in [-0.39, 0.29) is 47.4 Å². The van der Waals surface area contributed by atoms with E-state index in [1.807, 2.05) is 0 Å². The van der Waals surface area contributed by atoms with Crippen molar-refractivity contribution in [1.29, 1.82) is 0 Å². The molecule has 0 spiro atoms. The van der Waals surface area contributed by atoms with Crippen molar-refractivity contribution in [1.82, 2.24) is 14.9 Å². The third-order valence-corrected chi connectivity index (χ3v) is 15.1. The van der Waals surface area contributed by atoms with E-state index in [1.165, 1.54) is 76.5 Å². The second-order valence-corrected chi connectivity index (χ2v) is 19.7. The Balaban J connectivity index is 1.27. The van der Waals surface area contributed by atoms with Crippen molar-refractivity contribution >= 4 is 47.7 Å². The molecule has 0 unspecified atom stereocenters. The minimum Gasteiger partial charge on any atom is -0.455 e. The standard InChI is InChI=1S/C53H56N4O18/c1-29-35(72-47(64)41(73-49(65)69-25-24-56-23-22-54-48(56)57(67)68)39(32-16-10-7-11-17-32)55-45(62)33-18-12-8-13-19-33)27-53(66)44(74-46(63)34-20-14-9-15-21-34)42-51(6,36(60)26-37-52(42,28-70-37)75-31(3)59)43(61)40(71-30(2)58)38(29)50(53,4)5/h7-23,35-37,39-42,44,60,66H,24-28H2,1-6H3,(H,55,62)/t35-,36-,37+,39-,40+,41+,42-,44-,51+,52-,53+/m0/s1. The molecule has 4 aromatic rings. The number of fused-ring (bicyclic) bond motifs is 5. The molecule has 0 radical (unpaired) electrons. The van der Waals surface area contributed by atoms with Crippen molar-refractivity contribution < 1.29 is 81.9 Å². The number of nitro groups is 1. The van der Waals surface area contributed by atoms with Gasteiger partial charge in [-0.15, -0.1) is 0 Å². The van der Waals surface area contributed by atoms with Crippen LogP contribution in [0.3, 0.4) is 0 Å². The van der Waals surface area contributed by atoms with Gasteiger partial charge in [0.2, 0.25) is 6.10 Å². The van der Waals surface area contributed by atoms with Gasteiger partial charge in [0.25, 0.3) is 5.91 Å². The maximum atomic E-state index is 15.7. The molecule has 1 amide bonds. The number of rotatable bonds is 15. The molecule has 75 heavy (non-hydrogen) atoms. The average Bonchev–Trinajstić information content (AvgIpc) is 3.85. The Morgan fingerprint density at radius 2 is 1.53 bits per heavy atom. The fourth-order valence-electron chi connectivity index (χ4n) is 11.3. The highest BCUT2D eigenvalue weighted by atomic mass is 16.7. The van der Waals surface area contributed by atoms with E-state index in [2.05, 4.69) is 10.3 Å². The van der Waals surface area contributed by atoms with Gasteiger partial charge >= 0.3 is 36.0 Å². The lowest BCUT2D eigenvalue weighted by molar-refractivity contribution is -0.396.